The summed E-state index contributed by atoms with van der Waals surface area (Å²) in [6, 6.07) is 11.1. The molecule has 0 unspecified atom stereocenters. The Labute approximate surface area is 124 Å². The van der Waals surface area contributed by atoms with Crippen LogP contribution in [-0.4, -0.2) is 10.5 Å². The van der Waals surface area contributed by atoms with Gasteiger partial charge in [0.15, 0.2) is 0 Å². The number of pyridine rings is 1. The van der Waals surface area contributed by atoms with Crippen LogP contribution < -0.4 is 10.9 Å². The van der Waals surface area contributed by atoms with Crippen LogP contribution in [0, 0.1) is 6.92 Å². The van der Waals surface area contributed by atoms with Gasteiger partial charge in [0, 0.05) is 18.0 Å². The third-order valence-electron chi connectivity index (χ3n) is 3.33. The molecule has 0 spiro atoms. The molecule has 2 rings (SSSR count). The van der Waals surface area contributed by atoms with Gasteiger partial charge in [-0.2, -0.15) is 0 Å². The van der Waals surface area contributed by atoms with Crippen LogP contribution >= 0.6 is 0 Å². The molecule has 1 amide bonds. The molecule has 0 aliphatic carbocycles. The minimum atomic E-state index is -0.210. The second kappa shape index (κ2) is 6.39. The lowest BCUT2D eigenvalue weighted by atomic mass is 10.0. The predicted molar refractivity (Wildman–Crippen MR) is 84.6 cm³/mol. The van der Waals surface area contributed by atoms with Crippen LogP contribution in [0.1, 0.15) is 30.9 Å². The number of hydrogen-bond acceptors (Lipinski definition) is 2. The van der Waals surface area contributed by atoms with Crippen LogP contribution in [0.25, 0.3) is 0 Å². The number of rotatable bonds is 4. The number of carbonyl (C=O) groups excluding carboxylic acids is 1. The van der Waals surface area contributed by atoms with Gasteiger partial charge in [-0.1, -0.05) is 26.0 Å². The molecular weight excluding hydrogens is 264 g/mol. The molecule has 1 heterocycles. The van der Waals surface area contributed by atoms with E-state index in [1.54, 1.807) is 6.20 Å². The average molecular weight is 284 g/mol. The van der Waals surface area contributed by atoms with Crippen molar-refractivity contribution in [3.05, 3.63) is 64.1 Å². The highest BCUT2D eigenvalue weighted by Gasteiger charge is 2.06. The first-order valence-electron chi connectivity index (χ1n) is 7.02. The maximum atomic E-state index is 12.0. The number of nitrogens with one attached hydrogen (secondary N) is 1. The number of hydrogen-bond donors (Lipinski definition) is 1. The lowest BCUT2D eigenvalue weighted by molar-refractivity contribution is -0.116. The van der Waals surface area contributed by atoms with Crippen LogP contribution in [0.4, 0.5) is 5.69 Å². The third kappa shape index (κ3) is 4.05. The zero-order valence-corrected chi connectivity index (χ0v) is 12.6. The van der Waals surface area contributed by atoms with Crippen molar-refractivity contribution in [3.8, 4) is 0 Å². The van der Waals surface area contributed by atoms with E-state index in [1.807, 2.05) is 37.3 Å². The molecular formula is C17H20N2O2. The fourth-order valence-corrected chi connectivity index (χ4v) is 2.04. The first-order chi connectivity index (χ1) is 9.95. The van der Waals surface area contributed by atoms with E-state index in [4.69, 9.17) is 0 Å². The van der Waals surface area contributed by atoms with E-state index in [0.29, 0.717) is 5.92 Å². The molecule has 0 aliphatic rings. The average Bonchev–Trinajstić information content (AvgIpc) is 2.42. The van der Waals surface area contributed by atoms with Crippen LogP contribution in [0.3, 0.4) is 0 Å². The Hall–Kier alpha value is -2.36. The largest absolute Gasteiger partial charge is 0.325 e. The highest BCUT2D eigenvalue weighted by molar-refractivity contribution is 5.90. The lowest BCUT2D eigenvalue weighted by Gasteiger charge is -2.09. The Morgan fingerprint density at radius 1 is 1.19 bits per heavy atom. The summed E-state index contributed by atoms with van der Waals surface area (Å²) < 4.78 is 1.39. The molecule has 4 nitrogen and oxygen atoms in total. The number of aromatic nitrogens is 1. The number of amides is 1. The maximum Gasteiger partial charge on any atom is 0.251 e. The number of anilines is 1. The van der Waals surface area contributed by atoms with E-state index in [0.717, 1.165) is 11.3 Å². The normalized spacial score (nSPS) is 10.7. The number of carbonyl (C=O) groups is 1. The summed E-state index contributed by atoms with van der Waals surface area (Å²) in [5.74, 6) is 0.249. The highest BCUT2D eigenvalue weighted by atomic mass is 16.2. The summed E-state index contributed by atoms with van der Waals surface area (Å²) in [6.45, 7) is 6.11. The van der Waals surface area contributed by atoms with Gasteiger partial charge in [0.05, 0.1) is 0 Å². The molecule has 0 radical (unpaired) electrons. The van der Waals surface area contributed by atoms with Crippen molar-refractivity contribution in [1.29, 1.82) is 0 Å². The fourth-order valence-electron chi connectivity index (χ4n) is 2.04. The second-order valence-corrected chi connectivity index (χ2v) is 5.50. The van der Waals surface area contributed by atoms with E-state index in [2.05, 4.69) is 19.2 Å². The van der Waals surface area contributed by atoms with Gasteiger partial charge in [0.1, 0.15) is 6.54 Å². The van der Waals surface area contributed by atoms with Gasteiger partial charge in [-0.15, -0.1) is 0 Å². The molecule has 4 heteroatoms. The SMILES string of the molecule is Cc1ccn(CC(=O)Nc2ccc(C(C)C)cc2)c(=O)c1. The number of nitrogens with zero attached hydrogens (tertiary/aromatic N) is 1. The molecule has 0 saturated heterocycles. The smallest absolute Gasteiger partial charge is 0.251 e. The Morgan fingerprint density at radius 2 is 1.86 bits per heavy atom. The Kier molecular flexibility index (Phi) is 4.58. The fraction of sp³-hybridized carbons (Fsp3) is 0.294. The maximum absolute atomic E-state index is 12.0. The minimum absolute atomic E-state index is 0.0189. The van der Waals surface area contributed by atoms with Crippen LogP contribution in [0.5, 0.6) is 0 Å². The van der Waals surface area contributed by atoms with Crippen molar-refractivity contribution >= 4 is 11.6 Å². The zero-order chi connectivity index (χ0) is 15.4. The van der Waals surface area contributed by atoms with Gasteiger partial charge in [0.25, 0.3) is 5.56 Å². The molecule has 0 saturated carbocycles. The standard InChI is InChI=1S/C17H20N2O2/c1-12(2)14-4-6-15(7-5-14)18-16(20)11-19-9-8-13(3)10-17(19)21/h4-10,12H,11H2,1-3H3,(H,18,20). The number of aryl methyl sites for hydroxylation is 1. The van der Waals surface area contributed by atoms with E-state index in [9.17, 15) is 9.59 Å². The van der Waals surface area contributed by atoms with Gasteiger partial charge in [0.2, 0.25) is 5.91 Å². The topological polar surface area (TPSA) is 51.1 Å². The van der Waals surface area contributed by atoms with E-state index < -0.39 is 0 Å². The van der Waals surface area contributed by atoms with Crippen molar-refractivity contribution in [3.63, 3.8) is 0 Å². The molecule has 0 aliphatic heterocycles. The van der Waals surface area contributed by atoms with Gasteiger partial charge in [-0.3, -0.25) is 9.59 Å². The van der Waals surface area contributed by atoms with Gasteiger partial charge in [-0.25, -0.2) is 0 Å². The zero-order valence-electron chi connectivity index (χ0n) is 12.6. The Balaban J connectivity index is 2.03. The third-order valence-corrected chi connectivity index (χ3v) is 3.33. The van der Waals surface area contributed by atoms with Gasteiger partial charge >= 0.3 is 0 Å². The minimum Gasteiger partial charge on any atom is -0.325 e. The Morgan fingerprint density at radius 3 is 2.43 bits per heavy atom. The molecule has 0 atom stereocenters. The van der Waals surface area contributed by atoms with Crippen LogP contribution in [0.15, 0.2) is 47.4 Å². The number of benzene rings is 1. The summed E-state index contributed by atoms with van der Waals surface area (Å²) in [5, 5.41) is 2.80. The summed E-state index contributed by atoms with van der Waals surface area (Å²) in [5.41, 5.74) is 2.69. The molecule has 0 bridgehead atoms. The van der Waals surface area contributed by atoms with Crippen molar-refractivity contribution in [2.24, 2.45) is 0 Å². The van der Waals surface area contributed by atoms with Crippen molar-refractivity contribution in [1.82, 2.24) is 4.57 Å². The van der Waals surface area contributed by atoms with Crippen molar-refractivity contribution < 1.29 is 4.79 Å². The van der Waals surface area contributed by atoms with Crippen molar-refractivity contribution in [2.45, 2.75) is 33.2 Å². The first kappa shape index (κ1) is 15.0. The molecule has 1 aromatic heterocycles. The Bertz CT molecular complexity index is 685. The summed E-state index contributed by atoms with van der Waals surface area (Å²) in [7, 11) is 0. The van der Waals surface area contributed by atoms with Crippen LogP contribution in [0.2, 0.25) is 0 Å². The second-order valence-electron chi connectivity index (χ2n) is 5.50. The summed E-state index contributed by atoms with van der Waals surface area (Å²) in [4.78, 5) is 23.7. The molecule has 0 fully saturated rings. The van der Waals surface area contributed by atoms with E-state index in [-0.39, 0.29) is 18.0 Å². The van der Waals surface area contributed by atoms with Crippen LogP contribution in [-0.2, 0) is 11.3 Å². The predicted octanol–water partition coefficient (Wildman–Crippen LogP) is 2.92. The van der Waals surface area contributed by atoms with Crippen molar-refractivity contribution in [2.75, 3.05) is 5.32 Å². The van der Waals surface area contributed by atoms with Gasteiger partial charge < -0.3 is 9.88 Å². The van der Waals surface area contributed by atoms with E-state index in [1.165, 1.54) is 16.2 Å². The van der Waals surface area contributed by atoms with E-state index >= 15 is 0 Å². The molecule has 110 valence electrons. The first-order valence-corrected chi connectivity index (χ1v) is 7.02. The quantitative estimate of drug-likeness (QED) is 0.938. The summed E-state index contributed by atoms with van der Waals surface area (Å²) in [6.07, 6.45) is 1.64. The highest BCUT2D eigenvalue weighted by Crippen LogP contribution is 2.17. The van der Waals surface area contributed by atoms with Gasteiger partial charge in [-0.05, 0) is 42.2 Å². The summed E-state index contributed by atoms with van der Waals surface area (Å²) >= 11 is 0. The molecule has 1 N–H and O–H groups in total. The molecule has 21 heavy (non-hydrogen) atoms. The molecule has 2 aromatic rings. The molecule has 1 aromatic carbocycles. The lowest BCUT2D eigenvalue weighted by Crippen LogP contribution is -2.26. The monoisotopic (exact) mass is 284 g/mol.